The van der Waals surface area contributed by atoms with Gasteiger partial charge in [0.05, 0.1) is 5.69 Å². The summed E-state index contributed by atoms with van der Waals surface area (Å²) < 4.78 is 2.17. The lowest BCUT2D eigenvalue weighted by Crippen LogP contribution is -2.09. The van der Waals surface area contributed by atoms with Crippen LogP contribution in [-0.2, 0) is 0 Å². The molecule has 0 saturated carbocycles. The van der Waals surface area contributed by atoms with Gasteiger partial charge in [-0.1, -0.05) is 44.2 Å². The lowest BCUT2D eigenvalue weighted by atomic mass is 9.97. The molecule has 0 spiro atoms. The molecule has 18 heavy (non-hydrogen) atoms. The fourth-order valence-corrected chi connectivity index (χ4v) is 2.47. The summed E-state index contributed by atoms with van der Waals surface area (Å²) in [6, 6.07) is 11.0. The van der Waals surface area contributed by atoms with E-state index in [0.29, 0.717) is 12.0 Å². The molecule has 0 radical (unpaired) electrons. The van der Waals surface area contributed by atoms with Crippen LogP contribution in [0.25, 0.3) is 11.1 Å². The predicted octanol–water partition coefficient (Wildman–Crippen LogP) is 4.56. The van der Waals surface area contributed by atoms with E-state index >= 15 is 0 Å². The molecule has 96 valence electrons. The molecule has 0 amide bonds. The van der Waals surface area contributed by atoms with Gasteiger partial charge in [-0.15, -0.1) is 0 Å². The molecule has 2 nitrogen and oxygen atoms in total. The molecule has 1 aromatic heterocycles. The maximum Gasteiger partial charge on any atom is 0.0675 e. The van der Waals surface area contributed by atoms with E-state index in [1.807, 2.05) is 0 Å². The molecule has 0 atom stereocenters. The van der Waals surface area contributed by atoms with Crippen molar-refractivity contribution in [3.05, 3.63) is 41.7 Å². The van der Waals surface area contributed by atoms with Crippen molar-refractivity contribution in [2.45, 2.75) is 46.6 Å². The van der Waals surface area contributed by atoms with Gasteiger partial charge in [0, 0.05) is 17.3 Å². The van der Waals surface area contributed by atoms with Crippen molar-refractivity contribution in [3.8, 4) is 11.1 Å². The highest BCUT2D eigenvalue weighted by Crippen LogP contribution is 2.33. The third-order valence-electron chi connectivity index (χ3n) is 3.22. The molecule has 0 aliphatic rings. The minimum absolute atomic E-state index is 0.401. The van der Waals surface area contributed by atoms with Crippen molar-refractivity contribution >= 4 is 0 Å². The number of nitrogens with zero attached hydrogens (tertiary/aromatic N) is 2. The summed E-state index contributed by atoms with van der Waals surface area (Å²) in [6.45, 7) is 11.0. The van der Waals surface area contributed by atoms with Crippen LogP contribution in [0.15, 0.2) is 30.3 Å². The standard InChI is InChI=1S/C16H22N2/c1-11(2)16-15(14-9-7-6-8-10-14)13(5)17-18(16)12(3)4/h6-12H,1-5H3. The van der Waals surface area contributed by atoms with Crippen LogP contribution in [0.4, 0.5) is 0 Å². The molecule has 2 rings (SSSR count). The van der Waals surface area contributed by atoms with Crippen molar-refractivity contribution in [2.75, 3.05) is 0 Å². The molecular weight excluding hydrogens is 220 g/mol. The molecule has 0 unspecified atom stereocenters. The lowest BCUT2D eigenvalue weighted by Gasteiger charge is -2.15. The van der Waals surface area contributed by atoms with E-state index in [9.17, 15) is 0 Å². The van der Waals surface area contributed by atoms with Crippen LogP contribution in [0.3, 0.4) is 0 Å². The molecular formula is C16H22N2. The minimum Gasteiger partial charge on any atom is -0.266 e. The Morgan fingerprint density at radius 3 is 2.11 bits per heavy atom. The van der Waals surface area contributed by atoms with Crippen molar-refractivity contribution in [3.63, 3.8) is 0 Å². The van der Waals surface area contributed by atoms with Crippen LogP contribution < -0.4 is 0 Å². The number of rotatable bonds is 3. The normalized spacial score (nSPS) is 11.5. The van der Waals surface area contributed by atoms with Gasteiger partial charge in [-0.25, -0.2) is 0 Å². The van der Waals surface area contributed by atoms with Gasteiger partial charge in [0.15, 0.2) is 0 Å². The van der Waals surface area contributed by atoms with Gasteiger partial charge < -0.3 is 0 Å². The number of aromatic nitrogens is 2. The molecule has 1 heterocycles. The fourth-order valence-electron chi connectivity index (χ4n) is 2.47. The quantitative estimate of drug-likeness (QED) is 0.771. The predicted molar refractivity (Wildman–Crippen MR) is 76.9 cm³/mol. The number of aryl methyl sites for hydroxylation is 1. The first-order valence-electron chi connectivity index (χ1n) is 6.66. The zero-order valence-electron chi connectivity index (χ0n) is 11.9. The van der Waals surface area contributed by atoms with Gasteiger partial charge in [0.2, 0.25) is 0 Å². The Morgan fingerprint density at radius 1 is 1.00 bits per heavy atom. The third-order valence-corrected chi connectivity index (χ3v) is 3.22. The van der Waals surface area contributed by atoms with Crippen LogP contribution in [0.5, 0.6) is 0 Å². The second-order valence-electron chi connectivity index (χ2n) is 5.40. The first-order valence-corrected chi connectivity index (χ1v) is 6.66. The summed E-state index contributed by atoms with van der Waals surface area (Å²) in [5.74, 6) is 0.476. The van der Waals surface area contributed by atoms with E-state index in [-0.39, 0.29) is 0 Å². The van der Waals surface area contributed by atoms with E-state index in [0.717, 1.165) is 5.69 Å². The first-order chi connectivity index (χ1) is 8.52. The summed E-state index contributed by atoms with van der Waals surface area (Å²) >= 11 is 0. The Balaban J connectivity index is 2.67. The topological polar surface area (TPSA) is 17.8 Å². The number of hydrogen-bond acceptors (Lipinski definition) is 1. The molecule has 0 fully saturated rings. The van der Waals surface area contributed by atoms with Crippen LogP contribution in [0.1, 0.15) is 51.0 Å². The number of benzene rings is 1. The Labute approximate surface area is 110 Å². The monoisotopic (exact) mass is 242 g/mol. The Kier molecular flexibility index (Phi) is 3.55. The molecule has 0 aliphatic carbocycles. The Bertz CT molecular complexity index is 522. The average molecular weight is 242 g/mol. The summed E-state index contributed by atoms with van der Waals surface area (Å²) in [4.78, 5) is 0. The van der Waals surface area contributed by atoms with Crippen LogP contribution in [-0.4, -0.2) is 9.78 Å². The molecule has 0 saturated heterocycles. The average Bonchev–Trinajstić information content (AvgIpc) is 2.68. The highest BCUT2D eigenvalue weighted by Gasteiger charge is 2.20. The molecule has 2 heteroatoms. The molecule has 2 aromatic rings. The third kappa shape index (κ3) is 2.20. The van der Waals surface area contributed by atoms with E-state index in [1.54, 1.807) is 0 Å². The van der Waals surface area contributed by atoms with Gasteiger partial charge in [0.1, 0.15) is 0 Å². The van der Waals surface area contributed by atoms with Crippen LogP contribution in [0.2, 0.25) is 0 Å². The van der Waals surface area contributed by atoms with Crippen LogP contribution >= 0.6 is 0 Å². The molecule has 0 bridgehead atoms. The largest absolute Gasteiger partial charge is 0.266 e. The van der Waals surface area contributed by atoms with Crippen molar-refractivity contribution in [2.24, 2.45) is 0 Å². The van der Waals surface area contributed by atoms with E-state index in [2.05, 4.69) is 69.6 Å². The molecule has 0 aliphatic heterocycles. The smallest absolute Gasteiger partial charge is 0.0675 e. The van der Waals surface area contributed by atoms with Crippen molar-refractivity contribution in [1.29, 1.82) is 0 Å². The van der Waals surface area contributed by atoms with E-state index in [4.69, 9.17) is 5.10 Å². The molecule has 0 N–H and O–H groups in total. The second kappa shape index (κ2) is 4.97. The van der Waals surface area contributed by atoms with Gasteiger partial charge in [0.25, 0.3) is 0 Å². The van der Waals surface area contributed by atoms with E-state index in [1.165, 1.54) is 16.8 Å². The summed E-state index contributed by atoms with van der Waals surface area (Å²) in [5.41, 5.74) is 5.04. The summed E-state index contributed by atoms with van der Waals surface area (Å²) in [5, 5.41) is 4.72. The van der Waals surface area contributed by atoms with Gasteiger partial charge in [-0.2, -0.15) is 5.10 Å². The zero-order valence-corrected chi connectivity index (χ0v) is 11.9. The zero-order chi connectivity index (χ0) is 13.3. The van der Waals surface area contributed by atoms with Crippen LogP contribution in [0, 0.1) is 6.92 Å². The van der Waals surface area contributed by atoms with Crippen molar-refractivity contribution < 1.29 is 0 Å². The highest BCUT2D eigenvalue weighted by atomic mass is 15.3. The molecule has 1 aromatic carbocycles. The van der Waals surface area contributed by atoms with E-state index < -0.39 is 0 Å². The fraction of sp³-hybridized carbons (Fsp3) is 0.438. The van der Waals surface area contributed by atoms with Crippen molar-refractivity contribution in [1.82, 2.24) is 9.78 Å². The summed E-state index contributed by atoms with van der Waals surface area (Å²) in [6.07, 6.45) is 0. The van der Waals surface area contributed by atoms with Gasteiger partial charge >= 0.3 is 0 Å². The second-order valence-corrected chi connectivity index (χ2v) is 5.40. The Hall–Kier alpha value is -1.57. The number of hydrogen-bond donors (Lipinski definition) is 0. The summed E-state index contributed by atoms with van der Waals surface area (Å²) in [7, 11) is 0. The maximum absolute atomic E-state index is 4.72. The maximum atomic E-state index is 4.72. The minimum atomic E-state index is 0.401. The van der Waals surface area contributed by atoms with Gasteiger partial charge in [-0.05, 0) is 32.3 Å². The van der Waals surface area contributed by atoms with Gasteiger partial charge in [-0.3, -0.25) is 4.68 Å². The first kappa shape index (κ1) is 12.9. The Morgan fingerprint density at radius 2 is 1.61 bits per heavy atom. The lowest BCUT2D eigenvalue weighted by molar-refractivity contribution is 0.496. The highest BCUT2D eigenvalue weighted by molar-refractivity contribution is 5.69. The SMILES string of the molecule is Cc1nn(C(C)C)c(C(C)C)c1-c1ccccc1.